The minimum absolute atomic E-state index is 0.00396. The number of para-hydroxylation sites is 2. The minimum atomic E-state index is -0.550. The van der Waals surface area contributed by atoms with Gasteiger partial charge in [0.15, 0.2) is 0 Å². The van der Waals surface area contributed by atoms with E-state index in [0.29, 0.717) is 11.4 Å². The first-order valence-corrected chi connectivity index (χ1v) is 7.84. The van der Waals surface area contributed by atoms with Crippen molar-refractivity contribution >= 4 is 17.6 Å². The molecule has 0 aliphatic carbocycles. The smallest absolute Gasteiger partial charge is 0.307 e. The molecule has 0 spiro atoms. The number of hydrogen-bond acceptors (Lipinski definition) is 4. The quantitative estimate of drug-likeness (QED) is 0.811. The van der Waals surface area contributed by atoms with E-state index in [1.165, 1.54) is 4.90 Å². The number of carbonyl (C=O) groups excluding carboxylic acids is 2. The topological polar surface area (TPSA) is 55.8 Å². The number of esters is 1. The molecule has 2 aromatic carbocycles. The summed E-state index contributed by atoms with van der Waals surface area (Å²) in [5.74, 6) is -0.448. The van der Waals surface area contributed by atoms with E-state index in [1.807, 2.05) is 54.6 Å². The molecule has 2 aromatic rings. The monoisotopic (exact) mass is 325 g/mol. The van der Waals surface area contributed by atoms with Gasteiger partial charge in [0, 0.05) is 7.05 Å². The van der Waals surface area contributed by atoms with Gasteiger partial charge in [-0.3, -0.25) is 9.59 Å². The third kappa shape index (κ3) is 3.56. The number of nitrogens with zero attached hydrogens (tertiary/aromatic N) is 1. The Morgan fingerprint density at radius 1 is 1.17 bits per heavy atom. The van der Waals surface area contributed by atoms with Crippen LogP contribution in [0.25, 0.3) is 0 Å². The zero-order valence-electron chi connectivity index (χ0n) is 13.5. The maximum absolute atomic E-state index is 12.6. The summed E-state index contributed by atoms with van der Waals surface area (Å²) in [4.78, 5) is 26.2. The van der Waals surface area contributed by atoms with Gasteiger partial charge in [-0.2, -0.15) is 0 Å². The highest BCUT2D eigenvalue weighted by atomic mass is 16.5. The first kappa shape index (κ1) is 16.1. The summed E-state index contributed by atoms with van der Waals surface area (Å²) in [6, 6.07) is 16.8. The number of rotatable bonds is 4. The van der Waals surface area contributed by atoms with Crippen molar-refractivity contribution in [3.63, 3.8) is 0 Å². The number of anilines is 1. The van der Waals surface area contributed by atoms with E-state index < -0.39 is 11.9 Å². The molecule has 5 heteroatoms. The van der Waals surface area contributed by atoms with E-state index >= 15 is 0 Å². The van der Waals surface area contributed by atoms with Crippen LogP contribution in [0.2, 0.25) is 0 Å². The van der Waals surface area contributed by atoms with Crippen molar-refractivity contribution in [2.75, 3.05) is 18.6 Å². The molecule has 1 atom stereocenters. The van der Waals surface area contributed by atoms with Crippen molar-refractivity contribution in [2.45, 2.75) is 13.0 Å². The van der Waals surface area contributed by atoms with Crippen LogP contribution in [0.3, 0.4) is 0 Å². The Labute approximate surface area is 140 Å². The Balaban J connectivity index is 1.61. The number of carbonyl (C=O) groups is 2. The third-order valence-corrected chi connectivity index (χ3v) is 4.00. The van der Waals surface area contributed by atoms with Gasteiger partial charge >= 0.3 is 5.97 Å². The van der Waals surface area contributed by atoms with E-state index in [0.717, 1.165) is 5.56 Å². The van der Waals surface area contributed by atoms with E-state index in [4.69, 9.17) is 9.47 Å². The molecule has 0 saturated carbocycles. The minimum Gasteiger partial charge on any atom is -0.491 e. The summed E-state index contributed by atoms with van der Waals surface area (Å²) < 4.78 is 11.0. The molecular formula is C19H19NO4. The number of fused-ring (bicyclic) bond motifs is 1. The zero-order valence-corrected chi connectivity index (χ0v) is 13.5. The largest absolute Gasteiger partial charge is 0.491 e. The number of ether oxygens (including phenoxy) is 2. The lowest BCUT2D eigenvalue weighted by Crippen LogP contribution is -2.35. The molecule has 1 heterocycles. The maximum Gasteiger partial charge on any atom is 0.307 e. The molecule has 0 aromatic heterocycles. The van der Waals surface area contributed by atoms with Crippen LogP contribution in [-0.2, 0) is 20.9 Å². The molecule has 0 bridgehead atoms. The van der Waals surface area contributed by atoms with E-state index in [1.54, 1.807) is 7.05 Å². The van der Waals surface area contributed by atoms with Crippen LogP contribution in [0, 0.1) is 5.92 Å². The molecule has 0 N–H and O–H groups in total. The fraction of sp³-hybridized carbons (Fsp3) is 0.263. The molecule has 1 aliphatic rings. The Morgan fingerprint density at radius 2 is 1.88 bits per heavy atom. The molecule has 0 fully saturated rings. The normalized spacial score (nSPS) is 16.8. The van der Waals surface area contributed by atoms with Gasteiger partial charge in [0.05, 0.1) is 18.0 Å². The highest BCUT2D eigenvalue weighted by Crippen LogP contribution is 2.32. The van der Waals surface area contributed by atoms with E-state index in [-0.39, 0.29) is 25.5 Å². The first-order valence-electron chi connectivity index (χ1n) is 7.84. The van der Waals surface area contributed by atoms with Gasteiger partial charge in [-0.05, 0) is 17.7 Å². The number of amides is 1. The second kappa shape index (κ2) is 7.17. The van der Waals surface area contributed by atoms with Crippen LogP contribution < -0.4 is 9.64 Å². The van der Waals surface area contributed by atoms with Crippen molar-refractivity contribution in [1.29, 1.82) is 0 Å². The summed E-state index contributed by atoms with van der Waals surface area (Å²) >= 11 is 0. The summed E-state index contributed by atoms with van der Waals surface area (Å²) in [5, 5.41) is 0. The van der Waals surface area contributed by atoms with E-state index in [9.17, 15) is 9.59 Å². The van der Waals surface area contributed by atoms with Crippen molar-refractivity contribution in [3.8, 4) is 5.75 Å². The Kier molecular flexibility index (Phi) is 4.79. The average molecular weight is 325 g/mol. The second-order valence-electron chi connectivity index (χ2n) is 5.72. The van der Waals surface area contributed by atoms with Crippen molar-refractivity contribution in [2.24, 2.45) is 5.92 Å². The zero-order chi connectivity index (χ0) is 16.9. The van der Waals surface area contributed by atoms with Crippen LogP contribution in [-0.4, -0.2) is 25.5 Å². The van der Waals surface area contributed by atoms with Gasteiger partial charge in [0.1, 0.15) is 19.0 Å². The fourth-order valence-corrected chi connectivity index (χ4v) is 2.65. The van der Waals surface area contributed by atoms with Crippen molar-refractivity contribution in [1.82, 2.24) is 0 Å². The molecule has 124 valence electrons. The number of benzene rings is 2. The Morgan fingerprint density at radius 3 is 2.67 bits per heavy atom. The van der Waals surface area contributed by atoms with Gasteiger partial charge in [0.25, 0.3) is 0 Å². The van der Waals surface area contributed by atoms with Crippen LogP contribution in [0.15, 0.2) is 54.6 Å². The first-order chi connectivity index (χ1) is 11.6. The molecule has 5 nitrogen and oxygen atoms in total. The molecule has 3 rings (SSSR count). The lowest BCUT2D eigenvalue weighted by Gasteiger charge is -2.19. The molecule has 1 amide bonds. The van der Waals surface area contributed by atoms with Crippen LogP contribution in [0.1, 0.15) is 12.0 Å². The molecule has 24 heavy (non-hydrogen) atoms. The average Bonchev–Trinajstić information content (AvgIpc) is 2.73. The SMILES string of the molecule is CN1C(=O)[C@@H](CC(=O)OCc2ccccc2)COc2ccccc21. The van der Waals surface area contributed by atoms with Gasteiger partial charge in [0.2, 0.25) is 5.91 Å². The lowest BCUT2D eigenvalue weighted by molar-refractivity contribution is -0.148. The molecule has 1 aliphatic heterocycles. The van der Waals surface area contributed by atoms with Crippen LogP contribution in [0.5, 0.6) is 5.75 Å². The predicted octanol–water partition coefficient (Wildman–Crippen LogP) is 2.79. The maximum atomic E-state index is 12.6. The molecule has 0 unspecified atom stereocenters. The van der Waals surface area contributed by atoms with Gasteiger partial charge in [-0.1, -0.05) is 42.5 Å². The van der Waals surface area contributed by atoms with Gasteiger partial charge in [-0.15, -0.1) is 0 Å². The third-order valence-electron chi connectivity index (χ3n) is 4.00. The summed E-state index contributed by atoms with van der Waals surface area (Å²) in [6.07, 6.45) is 0.00396. The van der Waals surface area contributed by atoms with Crippen LogP contribution in [0.4, 0.5) is 5.69 Å². The molecule has 0 saturated heterocycles. The summed E-state index contributed by atoms with van der Waals surface area (Å²) in [6.45, 7) is 0.373. The second-order valence-corrected chi connectivity index (χ2v) is 5.72. The van der Waals surface area contributed by atoms with Gasteiger partial charge in [-0.25, -0.2) is 0 Å². The Bertz CT molecular complexity index is 729. The highest BCUT2D eigenvalue weighted by Gasteiger charge is 2.31. The standard InChI is InChI=1S/C19H19NO4/c1-20-16-9-5-6-10-17(16)23-13-15(19(20)22)11-18(21)24-12-14-7-3-2-4-8-14/h2-10,15H,11-13H2,1H3/t15-/m0/s1. The predicted molar refractivity (Wildman–Crippen MR) is 89.7 cm³/mol. The Hall–Kier alpha value is -2.82. The van der Waals surface area contributed by atoms with Crippen molar-refractivity contribution < 1.29 is 19.1 Å². The van der Waals surface area contributed by atoms with Gasteiger partial charge < -0.3 is 14.4 Å². The van der Waals surface area contributed by atoms with E-state index in [2.05, 4.69) is 0 Å². The molecular weight excluding hydrogens is 306 g/mol. The summed E-state index contributed by atoms with van der Waals surface area (Å²) in [7, 11) is 1.69. The fourth-order valence-electron chi connectivity index (χ4n) is 2.65. The van der Waals surface area contributed by atoms with Crippen LogP contribution >= 0.6 is 0 Å². The van der Waals surface area contributed by atoms with Crippen molar-refractivity contribution in [3.05, 3.63) is 60.2 Å². The number of hydrogen-bond donors (Lipinski definition) is 0. The highest BCUT2D eigenvalue weighted by molar-refractivity contribution is 5.98. The lowest BCUT2D eigenvalue weighted by atomic mass is 10.1. The molecule has 0 radical (unpaired) electrons. The summed E-state index contributed by atoms with van der Waals surface area (Å²) in [5.41, 5.74) is 1.63.